The number of hydrogen-bond acceptors (Lipinski definition) is 2. The van der Waals surface area contributed by atoms with Crippen LogP contribution in [-0.4, -0.2) is 25.7 Å². The molecule has 1 aromatic heterocycles. The number of nitrogens with zero attached hydrogens (tertiary/aromatic N) is 3. The van der Waals surface area contributed by atoms with Gasteiger partial charge < -0.3 is 10.6 Å². The summed E-state index contributed by atoms with van der Waals surface area (Å²) in [6.45, 7) is 10.7. The molecule has 0 saturated carbocycles. The highest BCUT2D eigenvalue weighted by Gasteiger charge is 2.27. The smallest absolute Gasteiger partial charge is 0.244 e. The second-order valence-corrected chi connectivity index (χ2v) is 13.9. The van der Waals surface area contributed by atoms with Crippen molar-refractivity contribution in [2.45, 2.75) is 51.1 Å². The highest BCUT2D eigenvalue weighted by molar-refractivity contribution is 6.76. The summed E-state index contributed by atoms with van der Waals surface area (Å²) in [6, 6.07) is 10.2. The van der Waals surface area contributed by atoms with E-state index in [9.17, 15) is 0 Å². The summed E-state index contributed by atoms with van der Waals surface area (Å²) >= 11 is 0. The Bertz CT molecular complexity index is 657. The molecule has 1 aliphatic heterocycles. The Hall–Kier alpha value is -1.75. The number of nitrogen functional groups attached to an aromatic ring is 1. The van der Waals surface area contributed by atoms with Crippen molar-refractivity contribution in [3.05, 3.63) is 43.0 Å². The molecule has 0 aliphatic carbocycles. The van der Waals surface area contributed by atoms with Crippen LogP contribution >= 0.6 is 0 Å². The molecule has 24 heavy (non-hydrogen) atoms. The molecule has 2 aromatic rings. The molecule has 2 heterocycles. The van der Waals surface area contributed by atoms with Gasteiger partial charge in [0.1, 0.15) is 18.4 Å². The van der Waals surface area contributed by atoms with Gasteiger partial charge in [-0.15, -0.1) is 0 Å². The largest absolute Gasteiger partial charge is 0.399 e. The molecule has 0 amide bonds. The number of nitrogens with two attached hydrogens (primary N) is 1. The fraction of sp³-hybridized carbons (Fsp3) is 0.526. The second-order valence-electron chi connectivity index (χ2n) is 8.24. The molecule has 5 heteroatoms. The van der Waals surface area contributed by atoms with Crippen LogP contribution in [0.15, 0.2) is 43.0 Å². The van der Waals surface area contributed by atoms with Crippen LogP contribution in [0.1, 0.15) is 18.9 Å². The Morgan fingerprint density at radius 3 is 2.67 bits per heavy atom. The first-order valence-electron chi connectivity index (χ1n) is 9.08. The average Bonchev–Trinajstić information content (AvgIpc) is 3.15. The van der Waals surface area contributed by atoms with Crippen molar-refractivity contribution in [1.29, 1.82) is 0 Å². The minimum Gasteiger partial charge on any atom is -0.399 e. The number of aryl methyl sites for hydroxylation is 1. The van der Waals surface area contributed by atoms with E-state index in [0.29, 0.717) is 6.04 Å². The number of benzene rings is 1. The molecule has 1 saturated heterocycles. The maximum absolute atomic E-state index is 5.79. The minimum absolute atomic E-state index is 0.570. The maximum Gasteiger partial charge on any atom is 0.244 e. The summed E-state index contributed by atoms with van der Waals surface area (Å²) in [6.07, 6.45) is 9.27. The third-order valence-corrected chi connectivity index (χ3v) is 6.75. The SMILES string of the molecule is C[Si](C)(C)CCC[n+]1ccn(C2CCN(c3ccc(N)cc3)C2)c1. The van der Waals surface area contributed by atoms with Gasteiger partial charge in [0, 0.05) is 32.4 Å². The molecule has 4 nitrogen and oxygen atoms in total. The third-order valence-electron chi connectivity index (χ3n) is 4.90. The topological polar surface area (TPSA) is 38.1 Å². The zero-order valence-electron chi connectivity index (χ0n) is 15.3. The molecule has 0 radical (unpaired) electrons. The highest BCUT2D eigenvalue weighted by atomic mass is 28.3. The molecule has 1 unspecified atom stereocenters. The Labute approximate surface area is 146 Å². The van der Waals surface area contributed by atoms with E-state index in [4.69, 9.17) is 5.73 Å². The van der Waals surface area contributed by atoms with Crippen LogP contribution < -0.4 is 15.2 Å². The number of anilines is 2. The van der Waals surface area contributed by atoms with Crippen molar-refractivity contribution < 1.29 is 4.57 Å². The summed E-state index contributed by atoms with van der Waals surface area (Å²) < 4.78 is 4.75. The van der Waals surface area contributed by atoms with Crippen LogP contribution in [0.2, 0.25) is 25.7 Å². The average molecular weight is 344 g/mol. The minimum atomic E-state index is -0.916. The van der Waals surface area contributed by atoms with E-state index in [1.54, 1.807) is 0 Å². The van der Waals surface area contributed by atoms with Crippen molar-refractivity contribution in [2.24, 2.45) is 0 Å². The summed E-state index contributed by atoms with van der Waals surface area (Å²) in [5, 5.41) is 0. The van der Waals surface area contributed by atoms with E-state index in [1.165, 1.54) is 24.6 Å². The standard InChI is InChI=1S/C19H31N4Si/c1-24(2,3)14-4-10-21-12-13-23(16-21)19-9-11-22(15-19)18-7-5-17(20)6-8-18/h5-8,12-13,16,19H,4,9-11,14-15,20H2,1-3H3/q+1. The van der Waals surface area contributed by atoms with Gasteiger partial charge in [0.05, 0.1) is 13.1 Å². The van der Waals surface area contributed by atoms with Gasteiger partial charge in [0.2, 0.25) is 6.33 Å². The number of aromatic nitrogens is 2. The van der Waals surface area contributed by atoms with Crippen LogP contribution in [0.5, 0.6) is 0 Å². The molecule has 1 atom stereocenters. The summed E-state index contributed by atoms with van der Waals surface area (Å²) in [4.78, 5) is 2.46. The number of rotatable bonds is 6. The molecule has 2 N–H and O–H groups in total. The summed E-state index contributed by atoms with van der Waals surface area (Å²) in [7, 11) is -0.916. The van der Waals surface area contributed by atoms with Gasteiger partial charge in [0.25, 0.3) is 0 Å². The van der Waals surface area contributed by atoms with Crippen LogP contribution in [0.3, 0.4) is 0 Å². The maximum atomic E-state index is 5.79. The third kappa shape index (κ3) is 4.41. The first-order valence-corrected chi connectivity index (χ1v) is 12.8. The molecule has 0 bridgehead atoms. The van der Waals surface area contributed by atoms with Crippen molar-refractivity contribution >= 4 is 19.4 Å². The second kappa shape index (κ2) is 7.01. The Morgan fingerprint density at radius 1 is 1.21 bits per heavy atom. The fourth-order valence-corrected chi connectivity index (χ4v) is 4.67. The Kier molecular flexibility index (Phi) is 4.99. The van der Waals surface area contributed by atoms with Gasteiger partial charge in [-0.1, -0.05) is 25.7 Å². The van der Waals surface area contributed by atoms with Crippen molar-refractivity contribution in [3.63, 3.8) is 0 Å². The van der Waals surface area contributed by atoms with Gasteiger partial charge in [-0.3, -0.25) is 0 Å². The lowest BCUT2D eigenvalue weighted by Gasteiger charge is -2.17. The molecule has 1 aromatic carbocycles. The molecule has 3 rings (SSSR count). The van der Waals surface area contributed by atoms with Crippen molar-refractivity contribution in [1.82, 2.24) is 4.57 Å². The van der Waals surface area contributed by atoms with Gasteiger partial charge in [0.15, 0.2) is 0 Å². The Morgan fingerprint density at radius 2 is 1.96 bits per heavy atom. The molecule has 1 aliphatic rings. The zero-order chi connectivity index (χ0) is 17.2. The normalized spacial score (nSPS) is 18.3. The quantitative estimate of drug-likeness (QED) is 0.495. The molecule has 1 fully saturated rings. The van der Waals surface area contributed by atoms with Gasteiger partial charge in [-0.2, -0.15) is 0 Å². The molecular weight excluding hydrogens is 312 g/mol. The number of hydrogen-bond donors (Lipinski definition) is 1. The predicted octanol–water partition coefficient (Wildman–Crippen LogP) is 3.54. The van der Waals surface area contributed by atoms with E-state index in [2.05, 4.69) is 64.5 Å². The molecule has 0 spiro atoms. The van der Waals surface area contributed by atoms with E-state index in [-0.39, 0.29) is 0 Å². The zero-order valence-corrected chi connectivity index (χ0v) is 16.3. The van der Waals surface area contributed by atoms with E-state index in [0.717, 1.165) is 25.3 Å². The van der Waals surface area contributed by atoms with E-state index in [1.807, 2.05) is 12.1 Å². The highest BCUT2D eigenvalue weighted by Crippen LogP contribution is 2.27. The lowest BCUT2D eigenvalue weighted by atomic mass is 10.2. The first-order chi connectivity index (χ1) is 11.4. The lowest BCUT2D eigenvalue weighted by molar-refractivity contribution is -0.696. The van der Waals surface area contributed by atoms with Crippen LogP contribution in [0.4, 0.5) is 11.4 Å². The number of imidazole rings is 1. The van der Waals surface area contributed by atoms with Crippen molar-refractivity contribution in [2.75, 3.05) is 23.7 Å². The summed E-state index contributed by atoms with van der Waals surface area (Å²) in [5.74, 6) is 0. The van der Waals surface area contributed by atoms with Crippen LogP contribution in [0.25, 0.3) is 0 Å². The first kappa shape index (κ1) is 17.1. The molecule has 130 valence electrons. The Balaban J connectivity index is 1.55. The van der Waals surface area contributed by atoms with E-state index >= 15 is 0 Å². The van der Waals surface area contributed by atoms with Gasteiger partial charge in [-0.05, 0) is 30.7 Å². The summed E-state index contributed by atoms with van der Waals surface area (Å²) in [5.41, 5.74) is 7.90. The predicted molar refractivity (Wildman–Crippen MR) is 104 cm³/mol. The van der Waals surface area contributed by atoms with Crippen molar-refractivity contribution in [3.8, 4) is 0 Å². The van der Waals surface area contributed by atoms with Gasteiger partial charge in [-0.25, -0.2) is 9.13 Å². The fourth-order valence-electron chi connectivity index (χ4n) is 3.46. The van der Waals surface area contributed by atoms with Crippen LogP contribution in [-0.2, 0) is 6.54 Å². The monoisotopic (exact) mass is 343 g/mol. The van der Waals surface area contributed by atoms with Gasteiger partial charge >= 0.3 is 0 Å². The lowest BCUT2D eigenvalue weighted by Crippen LogP contribution is -2.33. The molecular formula is C19H31N4Si+. The van der Waals surface area contributed by atoms with Crippen LogP contribution in [0, 0.1) is 0 Å². The van der Waals surface area contributed by atoms with E-state index < -0.39 is 8.07 Å².